The normalized spacial score (nSPS) is 10.6. The lowest BCUT2D eigenvalue weighted by atomic mass is 10.3. The predicted molar refractivity (Wildman–Crippen MR) is 65.8 cm³/mol. The smallest absolute Gasteiger partial charge is 0.306 e. The average Bonchev–Trinajstić information content (AvgIpc) is 2.70. The zero-order valence-electron chi connectivity index (χ0n) is 9.30. The highest BCUT2D eigenvalue weighted by Crippen LogP contribution is 2.25. The molecule has 2 rings (SSSR count). The summed E-state index contributed by atoms with van der Waals surface area (Å²) in [5, 5.41) is 0.537. The monoisotopic (exact) mass is 252 g/mol. The number of nitrogen functional groups attached to an aromatic ring is 1. The van der Waals surface area contributed by atoms with Crippen LogP contribution in [0.5, 0.6) is 0 Å². The van der Waals surface area contributed by atoms with Crippen molar-refractivity contribution in [3.8, 4) is 0 Å². The lowest BCUT2D eigenvalue weighted by Gasteiger charge is -1.95. The van der Waals surface area contributed by atoms with Crippen molar-refractivity contribution in [2.45, 2.75) is 11.6 Å². The Bertz CT molecular complexity index is 538. The molecule has 0 saturated carbocycles. The van der Waals surface area contributed by atoms with Gasteiger partial charge in [-0.15, -0.1) is 0 Å². The molecule has 1 aromatic heterocycles. The maximum Gasteiger partial charge on any atom is 0.306 e. The number of ether oxygens (including phenoxy) is 1. The van der Waals surface area contributed by atoms with E-state index >= 15 is 0 Å². The number of nitrogens with zero attached hydrogens (tertiary/aromatic N) is 1. The van der Waals surface area contributed by atoms with E-state index < -0.39 is 0 Å². The van der Waals surface area contributed by atoms with Gasteiger partial charge in [-0.05, 0) is 18.2 Å². The predicted octanol–water partition coefficient (Wildman–Crippen LogP) is 2.07. The Kier molecular flexibility index (Phi) is 3.53. The minimum Gasteiger partial charge on any atom is -0.469 e. The number of hydrogen-bond donors (Lipinski definition) is 1. The van der Waals surface area contributed by atoms with Gasteiger partial charge in [-0.2, -0.15) is 0 Å². The summed E-state index contributed by atoms with van der Waals surface area (Å²) in [7, 11) is 1.37. The van der Waals surface area contributed by atoms with Crippen molar-refractivity contribution >= 4 is 34.5 Å². The maximum atomic E-state index is 10.9. The largest absolute Gasteiger partial charge is 0.469 e. The minimum atomic E-state index is -0.238. The van der Waals surface area contributed by atoms with Gasteiger partial charge in [0, 0.05) is 11.4 Å². The zero-order valence-corrected chi connectivity index (χ0v) is 10.1. The fourth-order valence-corrected chi connectivity index (χ4v) is 2.06. The van der Waals surface area contributed by atoms with Gasteiger partial charge in [0.25, 0.3) is 5.22 Å². The van der Waals surface area contributed by atoms with E-state index in [0.29, 0.717) is 28.7 Å². The fraction of sp³-hybridized carbons (Fsp3) is 0.273. The number of aromatic nitrogens is 1. The summed E-state index contributed by atoms with van der Waals surface area (Å²) < 4.78 is 10.0. The third-order valence-corrected chi connectivity index (χ3v) is 2.98. The van der Waals surface area contributed by atoms with E-state index in [1.54, 1.807) is 18.2 Å². The molecule has 0 bridgehead atoms. The van der Waals surface area contributed by atoms with Crippen molar-refractivity contribution in [2.75, 3.05) is 18.6 Å². The first-order chi connectivity index (χ1) is 8.19. The Hall–Kier alpha value is -1.69. The first kappa shape index (κ1) is 11.8. The van der Waals surface area contributed by atoms with Crippen molar-refractivity contribution in [1.82, 2.24) is 4.98 Å². The van der Waals surface area contributed by atoms with Crippen LogP contribution in [0, 0.1) is 0 Å². The molecular formula is C11H12N2O3S. The molecule has 0 aliphatic rings. The van der Waals surface area contributed by atoms with E-state index in [1.807, 2.05) is 0 Å². The summed E-state index contributed by atoms with van der Waals surface area (Å²) in [6.07, 6.45) is 0.335. The minimum absolute atomic E-state index is 0.238. The van der Waals surface area contributed by atoms with Gasteiger partial charge in [0.2, 0.25) is 0 Å². The average molecular weight is 252 g/mol. The van der Waals surface area contributed by atoms with Gasteiger partial charge < -0.3 is 14.9 Å². The van der Waals surface area contributed by atoms with Crippen LogP contribution in [0.2, 0.25) is 0 Å². The molecule has 0 spiro atoms. The number of rotatable bonds is 4. The van der Waals surface area contributed by atoms with Crippen molar-refractivity contribution in [2.24, 2.45) is 0 Å². The number of oxazole rings is 1. The van der Waals surface area contributed by atoms with Crippen molar-refractivity contribution in [3.63, 3.8) is 0 Å². The third kappa shape index (κ3) is 2.91. The van der Waals surface area contributed by atoms with E-state index in [-0.39, 0.29) is 5.97 Å². The summed E-state index contributed by atoms with van der Waals surface area (Å²) in [5.41, 5.74) is 7.71. The van der Waals surface area contributed by atoms with Crippen molar-refractivity contribution in [3.05, 3.63) is 18.2 Å². The number of methoxy groups -OCH3 is 1. The van der Waals surface area contributed by atoms with Crippen LogP contribution in [0.25, 0.3) is 11.1 Å². The summed E-state index contributed by atoms with van der Waals surface area (Å²) in [4.78, 5) is 15.2. The van der Waals surface area contributed by atoms with Crippen LogP contribution < -0.4 is 5.73 Å². The standard InChI is InChI=1S/C11H12N2O3S/c1-15-10(14)4-5-17-11-13-8-6-7(12)2-3-9(8)16-11/h2-3,6H,4-5,12H2,1H3. The number of esters is 1. The Morgan fingerprint density at radius 1 is 1.59 bits per heavy atom. The van der Waals surface area contributed by atoms with Crippen LogP contribution in [0.4, 0.5) is 5.69 Å². The first-order valence-electron chi connectivity index (χ1n) is 5.05. The van der Waals surface area contributed by atoms with Gasteiger partial charge in [-0.25, -0.2) is 4.98 Å². The molecule has 0 aliphatic carbocycles. The molecule has 2 aromatic rings. The molecule has 17 heavy (non-hydrogen) atoms. The van der Waals surface area contributed by atoms with Gasteiger partial charge in [0.05, 0.1) is 13.5 Å². The molecule has 0 saturated heterocycles. The number of hydrogen-bond acceptors (Lipinski definition) is 6. The molecule has 0 atom stereocenters. The molecule has 6 heteroatoms. The topological polar surface area (TPSA) is 78.3 Å². The summed E-state index contributed by atoms with van der Waals surface area (Å²) in [6.45, 7) is 0. The number of benzene rings is 1. The van der Waals surface area contributed by atoms with E-state index in [2.05, 4.69) is 9.72 Å². The summed E-state index contributed by atoms with van der Waals surface area (Å²) in [6, 6.07) is 5.29. The Morgan fingerprint density at radius 2 is 2.41 bits per heavy atom. The first-order valence-corrected chi connectivity index (χ1v) is 6.03. The van der Waals surface area contributed by atoms with Crippen LogP contribution in [-0.4, -0.2) is 23.8 Å². The number of carbonyl (C=O) groups excluding carboxylic acids is 1. The highest BCUT2D eigenvalue weighted by molar-refractivity contribution is 7.99. The van der Waals surface area contributed by atoms with Crippen LogP contribution in [0.15, 0.2) is 27.8 Å². The second-order valence-corrected chi connectivity index (χ2v) is 4.43. The van der Waals surface area contributed by atoms with Crippen LogP contribution in [0.3, 0.4) is 0 Å². The molecule has 1 aromatic carbocycles. The molecule has 0 fully saturated rings. The second-order valence-electron chi connectivity index (χ2n) is 3.38. The molecule has 0 unspecified atom stereocenters. The van der Waals surface area contributed by atoms with Gasteiger partial charge in [0.15, 0.2) is 5.58 Å². The lowest BCUT2D eigenvalue weighted by molar-refractivity contribution is -0.140. The van der Waals surface area contributed by atoms with Gasteiger partial charge in [-0.1, -0.05) is 11.8 Å². The summed E-state index contributed by atoms with van der Waals surface area (Å²) in [5.74, 6) is 0.340. The SMILES string of the molecule is COC(=O)CCSc1nc2cc(N)ccc2o1. The third-order valence-electron chi connectivity index (χ3n) is 2.15. The van der Waals surface area contributed by atoms with Crippen molar-refractivity contribution < 1.29 is 13.9 Å². The lowest BCUT2D eigenvalue weighted by Crippen LogP contribution is -2.00. The van der Waals surface area contributed by atoms with E-state index in [1.165, 1.54) is 18.9 Å². The molecule has 5 nitrogen and oxygen atoms in total. The highest BCUT2D eigenvalue weighted by Gasteiger charge is 2.08. The van der Waals surface area contributed by atoms with Crippen LogP contribution in [-0.2, 0) is 9.53 Å². The number of anilines is 1. The fourth-order valence-electron chi connectivity index (χ4n) is 1.31. The van der Waals surface area contributed by atoms with Crippen molar-refractivity contribution in [1.29, 1.82) is 0 Å². The quantitative estimate of drug-likeness (QED) is 0.510. The van der Waals surface area contributed by atoms with E-state index in [4.69, 9.17) is 10.2 Å². The van der Waals surface area contributed by atoms with Gasteiger partial charge in [-0.3, -0.25) is 4.79 Å². The molecule has 2 N–H and O–H groups in total. The Balaban J connectivity index is 2.02. The number of fused-ring (bicyclic) bond motifs is 1. The van der Waals surface area contributed by atoms with Gasteiger partial charge in [0.1, 0.15) is 5.52 Å². The van der Waals surface area contributed by atoms with E-state index in [9.17, 15) is 4.79 Å². The molecule has 0 amide bonds. The number of nitrogens with two attached hydrogens (primary N) is 1. The molecule has 0 radical (unpaired) electrons. The molecule has 90 valence electrons. The molecule has 1 heterocycles. The van der Waals surface area contributed by atoms with Crippen LogP contribution in [0.1, 0.15) is 6.42 Å². The highest BCUT2D eigenvalue weighted by atomic mass is 32.2. The maximum absolute atomic E-state index is 10.9. The number of thioether (sulfide) groups is 1. The summed E-state index contributed by atoms with van der Waals surface area (Å²) >= 11 is 1.38. The molecule has 0 aliphatic heterocycles. The molecular weight excluding hydrogens is 240 g/mol. The zero-order chi connectivity index (χ0) is 12.3. The van der Waals surface area contributed by atoms with Gasteiger partial charge >= 0.3 is 5.97 Å². The van der Waals surface area contributed by atoms with Crippen LogP contribution >= 0.6 is 11.8 Å². The number of carbonyl (C=O) groups is 1. The Labute approximate surface area is 102 Å². The second kappa shape index (κ2) is 5.09. The van der Waals surface area contributed by atoms with E-state index in [0.717, 1.165) is 5.52 Å². The Morgan fingerprint density at radius 3 is 3.18 bits per heavy atom.